The summed E-state index contributed by atoms with van der Waals surface area (Å²) in [4.78, 5) is 22.5. The number of amides is 1. The minimum Gasteiger partial charge on any atom is -0.444 e. The van der Waals surface area contributed by atoms with E-state index in [4.69, 9.17) is 15.9 Å². The summed E-state index contributed by atoms with van der Waals surface area (Å²) in [6, 6.07) is 6.08. The topological polar surface area (TPSA) is 105 Å². The Morgan fingerprint density at radius 1 is 1.38 bits per heavy atom. The number of benzene rings is 1. The zero-order valence-electron chi connectivity index (χ0n) is 12.4. The highest BCUT2D eigenvalue weighted by molar-refractivity contribution is 5.94. The molecule has 6 nitrogen and oxygen atoms in total. The highest BCUT2D eigenvalue weighted by Crippen LogP contribution is 2.09. The van der Waals surface area contributed by atoms with E-state index in [0.29, 0.717) is 12.0 Å². The van der Waals surface area contributed by atoms with Crippen LogP contribution in [0, 0.1) is 5.41 Å². The summed E-state index contributed by atoms with van der Waals surface area (Å²) in [6.07, 6.45) is 1.41. The fourth-order valence-electron chi connectivity index (χ4n) is 1.63. The minimum atomic E-state index is -0.789. The third kappa shape index (κ3) is 6.07. The molecule has 0 aliphatic heterocycles. The molecule has 0 saturated carbocycles. The molecule has 0 saturated heterocycles. The van der Waals surface area contributed by atoms with Crippen molar-refractivity contribution in [2.75, 3.05) is 0 Å². The molecule has 1 amide bonds. The molecule has 0 fully saturated rings. The second kappa shape index (κ2) is 6.88. The van der Waals surface area contributed by atoms with E-state index in [0.717, 1.165) is 5.56 Å². The van der Waals surface area contributed by atoms with Gasteiger partial charge in [-0.25, -0.2) is 4.79 Å². The van der Waals surface area contributed by atoms with Gasteiger partial charge in [0.15, 0.2) is 0 Å². The van der Waals surface area contributed by atoms with Crippen molar-refractivity contribution in [3.63, 3.8) is 0 Å². The van der Waals surface area contributed by atoms with Crippen LogP contribution in [0.15, 0.2) is 24.3 Å². The van der Waals surface area contributed by atoms with Crippen molar-refractivity contribution < 1.29 is 14.3 Å². The Kier molecular flexibility index (Phi) is 5.46. The molecule has 0 spiro atoms. The largest absolute Gasteiger partial charge is 0.444 e. The van der Waals surface area contributed by atoms with E-state index in [1.54, 1.807) is 51.3 Å². The first-order valence-electron chi connectivity index (χ1n) is 6.52. The van der Waals surface area contributed by atoms with Gasteiger partial charge in [0.2, 0.25) is 6.29 Å². The number of amidine groups is 1. The molecular formula is C15H20N3O3. The van der Waals surface area contributed by atoms with Crippen LogP contribution in [-0.2, 0) is 16.0 Å². The van der Waals surface area contributed by atoms with Crippen LogP contribution in [0.25, 0.3) is 0 Å². The van der Waals surface area contributed by atoms with Crippen molar-refractivity contribution in [1.82, 2.24) is 5.32 Å². The van der Waals surface area contributed by atoms with Gasteiger partial charge in [-0.05, 0) is 26.3 Å². The van der Waals surface area contributed by atoms with Gasteiger partial charge in [-0.15, -0.1) is 0 Å². The summed E-state index contributed by atoms with van der Waals surface area (Å²) < 4.78 is 5.08. The van der Waals surface area contributed by atoms with Crippen LogP contribution in [-0.4, -0.2) is 29.9 Å². The normalized spacial score (nSPS) is 12.3. The number of ether oxygens (including phenoxy) is 1. The number of nitrogen functional groups attached to an aromatic ring is 1. The smallest absolute Gasteiger partial charge is 0.408 e. The number of carbonyl (C=O) groups excluding carboxylic acids is 2. The average Bonchev–Trinajstić information content (AvgIpc) is 2.36. The third-order valence-electron chi connectivity index (χ3n) is 2.54. The Labute approximate surface area is 124 Å². The second-order valence-corrected chi connectivity index (χ2v) is 5.63. The first kappa shape index (κ1) is 16.7. The van der Waals surface area contributed by atoms with E-state index >= 15 is 0 Å². The molecule has 113 valence electrons. The van der Waals surface area contributed by atoms with Gasteiger partial charge in [-0.3, -0.25) is 10.2 Å². The Balaban J connectivity index is 2.63. The van der Waals surface area contributed by atoms with Gasteiger partial charge in [0, 0.05) is 12.0 Å². The van der Waals surface area contributed by atoms with Crippen LogP contribution >= 0.6 is 0 Å². The molecule has 1 unspecified atom stereocenters. The van der Waals surface area contributed by atoms with Crippen molar-refractivity contribution in [3.8, 4) is 0 Å². The second-order valence-electron chi connectivity index (χ2n) is 5.63. The predicted octanol–water partition coefficient (Wildman–Crippen LogP) is 1.52. The summed E-state index contributed by atoms with van der Waals surface area (Å²) in [5, 5.41) is 9.76. The Hall–Kier alpha value is -2.37. The maximum absolute atomic E-state index is 11.6. The first-order valence-corrected chi connectivity index (χ1v) is 6.52. The van der Waals surface area contributed by atoms with Gasteiger partial charge in [-0.2, -0.15) is 0 Å². The number of nitrogens with one attached hydrogen (secondary N) is 2. The molecule has 1 aromatic carbocycles. The molecule has 6 heteroatoms. The predicted molar refractivity (Wildman–Crippen MR) is 80.0 cm³/mol. The number of carbonyl (C=O) groups is 1. The van der Waals surface area contributed by atoms with Gasteiger partial charge in [0.25, 0.3) is 0 Å². The number of hydrogen-bond acceptors (Lipinski definition) is 4. The zero-order chi connectivity index (χ0) is 16.0. The van der Waals surface area contributed by atoms with E-state index in [1.807, 2.05) is 0 Å². The van der Waals surface area contributed by atoms with Crippen LogP contribution in [0.3, 0.4) is 0 Å². The molecule has 0 heterocycles. The molecule has 0 bridgehead atoms. The SMILES string of the molecule is CC(C)(C)OC(=O)NC([C]=O)Cc1ccc(C(=N)N)cc1. The quantitative estimate of drug-likeness (QED) is 0.564. The van der Waals surface area contributed by atoms with Gasteiger partial charge < -0.3 is 15.8 Å². The molecular weight excluding hydrogens is 270 g/mol. The summed E-state index contributed by atoms with van der Waals surface area (Å²) in [6.45, 7) is 5.23. The lowest BCUT2D eigenvalue weighted by atomic mass is 10.0. The standard InChI is InChI=1S/C15H20N3O3/c1-15(2,3)21-14(20)18-12(9-19)8-10-4-6-11(7-5-10)13(16)17/h4-7,12H,8H2,1-3H3,(H3,16,17)(H,18,20). The van der Waals surface area contributed by atoms with Crippen molar-refractivity contribution in [2.45, 2.75) is 38.8 Å². The van der Waals surface area contributed by atoms with Crippen LogP contribution in [0.1, 0.15) is 31.9 Å². The number of alkyl carbamates (subject to hydrolysis) is 1. The van der Waals surface area contributed by atoms with Gasteiger partial charge in [0.05, 0.1) is 0 Å². The molecule has 0 aliphatic carbocycles. The molecule has 1 aromatic rings. The minimum absolute atomic E-state index is 0.0214. The first-order chi connectivity index (χ1) is 9.71. The summed E-state index contributed by atoms with van der Waals surface area (Å²) >= 11 is 0. The van der Waals surface area contributed by atoms with Crippen LogP contribution in [0.4, 0.5) is 4.79 Å². The van der Waals surface area contributed by atoms with Gasteiger partial charge >= 0.3 is 6.09 Å². The van der Waals surface area contributed by atoms with Crippen LogP contribution in [0.5, 0.6) is 0 Å². The van der Waals surface area contributed by atoms with Gasteiger partial charge in [0.1, 0.15) is 17.5 Å². The fourth-order valence-corrected chi connectivity index (χ4v) is 1.63. The lowest BCUT2D eigenvalue weighted by Crippen LogP contribution is -2.41. The molecule has 4 N–H and O–H groups in total. The van der Waals surface area contributed by atoms with Crippen molar-refractivity contribution in [3.05, 3.63) is 35.4 Å². The van der Waals surface area contributed by atoms with E-state index in [2.05, 4.69) is 5.32 Å². The van der Waals surface area contributed by atoms with Crippen molar-refractivity contribution in [2.24, 2.45) is 5.73 Å². The molecule has 1 radical (unpaired) electrons. The molecule has 21 heavy (non-hydrogen) atoms. The Morgan fingerprint density at radius 3 is 2.38 bits per heavy atom. The molecule has 0 aromatic heterocycles. The fraction of sp³-hybridized carbons (Fsp3) is 0.400. The van der Waals surface area contributed by atoms with Crippen LogP contribution < -0.4 is 11.1 Å². The number of rotatable bonds is 5. The van der Waals surface area contributed by atoms with E-state index in [1.165, 1.54) is 0 Å². The summed E-state index contributed by atoms with van der Waals surface area (Å²) in [5.41, 5.74) is 6.16. The van der Waals surface area contributed by atoms with E-state index < -0.39 is 17.7 Å². The molecule has 1 atom stereocenters. The Morgan fingerprint density at radius 2 is 1.95 bits per heavy atom. The summed E-state index contributed by atoms with van der Waals surface area (Å²) in [5.74, 6) is -0.0214. The van der Waals surface area contributed by atoms with Crippen molar-refractivity contribution in [1.29, 1.82) is 5.41 Å². The lowest BCUT2D eigenvalue weighted by molar-refractivity contribution is 0.0517. The average molecular weight is 290 g/mol. The lowest BCUT2D eigenvalue weighted by Gasteiger charge is -2.21. The molecule has 1 rings (SSSR count). The highest BCUT2D eigenvalue weighted by Gasteiger charge is 2.19. The van der Waals surface area contributed by atoms with Crippen molar-refractivity contribution >= 4 is 18.2 Å². The number of nitrogens with two attached hydrogens (primary N) is 1. The maximum Gasteiger partial charge on any atom is 0.408 e. The highest BCUT2D eigenvalue weighted by atomic mass is 16.6. The van der Waals surface area contributed by atoms with Crippen LogP contribution in [0.2, 0.25) is 0 Å². The summed E-state index contributed by atoms with van der Waals surface area (Å²) in [7, 11) is 0. The monoisotopic (exact) mass is 290 g/mol. The Bertz CT molecular complexity index is 518. The van der Waals surface area contributed by atoms with E-state index in [9.17, 15) is 9.59 Å². The molecule has 0 aliphatic rings. The van der Waals surface area contributed by atoms with E-state index in [-0.39, 0.29) is 5.84 Å². The maximum atomic E-state index is 11.6. The zero-order valence-corrected chi connectivity index (χ0v) is 12.4. The third-order valence-corrected chi connectivity index (χ3v) is 2.54. The number of hydrogen-bond donors (Lipinski definition) is 3. The van der Waals surface area contributed by atoms with Gasteiger partial charge in [-0.1, -0.05) is 24.3 Å².